The van der Waals surface area contributed by atoms with Crippen LogP contribution in [0.25, 0.3) is 10.6 Å². The number of hydrogen-bond donors (Lipinski definition) is 0. The number of morpholine rings is 1. The summed E-state index contributed by atoms with van der Waals surface area (Å²) in [5.41, 5.74) is 2.84. The summed E-state index contributed by atoms with van der Waals surface area (Å²) < 4.78 is 10.9. The molecule has 0 aliphatic carbocycles. The molecule has 150 valence electrons. The van der Waals surface area contributed by atoms with Gasteiger partial charge in [0.15, 0.2) is 6.61 Å². The summed E-state index contributed by atoms with van der Waals surface area (Å²) in [6, 6.07) is 8.15. The van der Waals surface area contributed by atoms with Crippen molar-refractivity contribution in [3.05, 3.63) is 40.4 Å². The van der Waals surface area contributed by atoms with Crippen molar-refractivity contribution in [1.29, 1.82) is 0 Å². The Hall–Kier alpha value is -2.25. The number of carbonyl (C=O) groups is 2. The van der Waals surface area contributed by atoms with Gasteiger partial charge in [-0.15, -0.1) is 11.3 Å². The standard InChI is InChI=1S/C21H26N2O4S/c1-5-16-6-8-17(9-7-16)20-22-15(4)19(28-20)21(25)26-12-18(24)23-10-13(2)27-14(3)11-23/h6-9,13-14H,5,10-12H2,1-4H3/t13-,14+. The van der Waals surface area contributed by atoms with Gasteiger partial charge in [0.2, 0.25) is 0 Å². The number of thiazole rings is 1. The molecule has 1 fully saturated rings. The summed E-state index contributed by atoms with van der Waals surface area (Å²) in [4.78, 5) is 31.5. The first-order valence-corrected chi connectivity index (χ1v) is 10.4. The van der Waals surface area contributed by atoms with Crippen molar-refractivity contribution in [3.8, 4) is 10.6 Å². The number of carbonyl (C=O) groups excluding carboxylic acids is 2. The van der Waals surface area contributed by atoms with Crippen LogP contribution in [0.2, 0.25) is 0 Å². The highest BCUT2D eigenvalue weighted by Crippen LogP contribution is 2.28. The van der Waals surface area contributed by atoms with Gasteiger partial charge in [0, 0.05) is 18.7 Å². The molecular weight excluding hydrogens is 376 g/mol. The van der Waals surface area contributed by atoms with Crippen LogP contribution in [0.4, 0.5) is 0 Å². The lowest BCUT2D eigenvalue weighted by Gasteiger charge is -2.35. The van der Waals surface area contributed by atoms with Crippen LogP contribution in [0.3, 0.4) is 0 Å². The second kappa shape index (κ2) is 8.84. The quantitative estimate of drug-likeness (QED) is 0.717. The van der Waals surface area contributed by atoms with E-state index in [0.717, 1.165) is 17.0 Å². The number of ether oxygens (including phenoxy) is 2. The van der Waals surface area contributed by atoms with Gasteiger partial charge in [0.1, 0.15) is 9.88 Å². The maximum Gasteiger partial charge on any atom is 0.350 e. The average Bonchev–Trinajstić information content (AvgIpc) is 3.07. The minimum absolute atomic E-state index is 0.0196. The molecular formula is C21H26N2O4S. The van der Waals surface area contributed by atoms with Crippen molar-refractivity contribution >= 4 is 23.2 Å². The van der Waals surface area contributed by atoms with Gasteiger partial charge in [0.25, 0.3) is 5.91 Å². The van der Waals surface area contributed by atoms with Crippen LogP contribution in [0, 0.1) is 6.92 Å². The highest BCUT2D eigenvalue weighted by molar-refractivity contribution is 7.17. The highest BCUT2D eigenvalue weighted by Gasteiger charge is 2.27. The summed E-state index contributed by atoms with van der Waals surface area (Å²) >= 11 is 1.29. The van der Waals surface area contributed by atoms with E-state index in [1.807, 2.05) is 26.0 Å². The molecule has 0 unspecified atom stereocenters. The molecule has 1 amide bonds. The molecule has 2 atom stereocenters. The predicted octanol–water partition coefficient (Wildman–Crippen LogP) is 3.47. The molecule has 1 aromatic heterocycles. The smallest absolute Gasteiger partial charge is 0.350 e. The summed E-state index contributed by atoms with van der Waals surface area (Å²) in [5, 5.41) is 0.772. The first kappa shape index (κ1) is 20.5. The summed E-state index contributed by atoms with van der Waals surface area (Å²) in [5.74, 6) is -0.706. The van der Waals surface area contributed by atoms with E-state index >= 15 is 0 Å². The van der Waals surface area contributed by atoms with Gasteiger partial charge in [-0.05, 0) is 32.8 Å². The zero-order chi connectivity index (χ0) is 20.3. The third kappa shape index (κ3) is 4.77. The Kier molecular flexibility index (Phi) is 6.46. The van der Waals surface area contributed by atoms with E-state index in [0.29, 0.717) is 23.7 Å². The largest absolute Gasteiger partial charge is 0.451 e. The third-order valence-electron chi connectivity index (χ3n) is 4.69. The molecule has 0 radical (unpaired) electrons. The molecule has 28 heavy (non-hydrogen) atoms. The van der Waals surface area contributed by atoms with Gasteiger partial charge >= 0.3 is 5.97 Å². The lowest BCUT2D eigenvalue weighted by Crippen LogP contribution is -2.49. The summed E-state index contributed by atoms with van der Waals surface area (Å²) in [6.45, 7) is 8.50. The van der Waals surface area contributed by atoms with Crippen LogP contribution in [0.5, 0.6) is 0 Å². The molecule has 0 saturated carbocycles. The number of benzene rings is 1. The SMILES string of the molecule is CCc1ccc(-c2nc(C)c(C(=O)OCC(=O)N3C[C@@H](C)O[C@@H](C)C3)s2)cc1. The zero-order valence-corrected chi connectivity index (χ0v) is 17.5. The molecule has 1 aliphatic heterocycles. The predicted molar refractivity (Wildman–Crippen MR) is 109 cm³/mol. The molecule has 0 spiro atoms. The second-order valence-corrected chi connectivity index (χ2v) is 8.12. The van der Waals surface area contributed by atoms with Gasteiger partial charge in [-0.2, -0.15) is 0 Å². The average molecular weight is 403 g/mol. The normalized spacial score (nSPS) is 19.5. The van der Waals surface area contributed by atoms with E-state index in [1.54, 1.807) is 11.8 Å². The van der Waals surface area contributed by atoms with Crippen molar-refractivity contribution in [1.82, 2.24) is 9.88 Å². The molecule has 6 nitrogen and oxygen atoms in total. The highest BCUT2D eigenvalue weighted by atomic mass is 32.1. The topological polar surface area (TPSA) is 68.7 Å². The maximum atomic E-state index is 12.5. The Morgan fingerprint density at radius 1 is 1.21 bits per heavy atom. The Balaban J connectivity index is 1.63. The first-order chi connectivity index (χ1) is 13.4. The van der Waals surface area contributed by atoms with E-state index < -0.39 is 5.97 Å². The molecule has 0 N–H and O–H groups in total. The van der Waals surface area contributed by atoms with Gasteiger partial charge < -0.3 is 14.4 Å². The molecule has 1 aliphatic rings. The fourth-order valence-corrected chi connectivity index (χ4v) is 4.22. The zero-order valence-electron chi connectivity index (χ0n) is 16.7. The van der Waals surface area contributed by atoms with Crippen molar-refractivity contribution < 1.29 is 19.1 Å². The fourth-order valence-electron chi connectivity index (χ4n) is 3.26. The molecule has 7 heteroatoms. The van der Waals surface area contributed by atoms with Gasteiger partial charge in [-0.25, -0.2) is 9.78 Å². The Bertz CT molecular complexity index is 837. The van der Waals surface area contributed by atoms with Gasteiger partial charge in [0.05, 0.1) is 17.9 Å². The van der Waals surface area contributed by atoms with Crippen LogP contribution in [-0.2, 0) is 20.7 Å². The van der Waals surface area contributed by atoms with Gasteiger partial charge in [-0.3, -0.25) is 4.79 Å². The van der Waals surface area contributed by atoms with E-state index in [9.17, 15) is 9.59 Å². The number of rotatable bonds is 5. The lowest BCUT2D eigenvalue weighted by atomic mass is 10.1. The van der Waals surface area contributed by atoms with E-state index in [4.69, 9.17) is 9.47 Å². The summed E-state index contributed by atoms with van der Waals surface area (Å²) in [6.07, 6.45) is 0.936. The third-order valence-corrected chi connectivity index (χ3v) is 5.88. The monoisotopic (exact) mass is 402 g/mol. The minimum Gasteiger partial charge on any atom is -0.451 e. The molecule has 2 aromatic rings. The summed E-state index contributed by atoms with van der Waals surface area (Å²) in [7, 11) is 0. The molecule has 2 heterocycles. The van der Waals surface area contributed by atoms with Crippen molar-refractivity contribution in [3.63, 3.8) is 0 Å². The molecule has 1 aromatic carbocycles. The minimum atomic E-state index is -0.505. The lowest BCUT2D eigenvalue weighted by molar-refractivity contribution is -0.146. The number of aromatic nitrogens is 1. The number of nitrogens with zero attached hydrogens (tertiary/aromatic N) is 2. The number of amides is 1. The van der Waals surface area contributed by atoms with Crippen molar-refractivity contribution in [2.24, 2.45) is 0 Å². The van der Waals surface area contributed by atoms with Crippen LogP contribution in [0.1, 0.15) is 41.7 Å². The second-order valence-electron chi connectivity index (χ2n) is 7.12. The number of esters is 1. The van der Waals surface area contributed by atoms with Crippen molar-refractivity contribution in [2.75, 3.05) is 19.7 Å². The maximum absolute atomic E-state index is 12.5. The Labute approximate surface area is 169 Å². The number of hydrogen-bond acceptors (Lipinski definition) is 6. The Morgan fingerprint density at radius 3 is 2.46 bits per heavy atom. The van der Waals surface area contributed by atoms with Crippen LogP contribution in [-0.4, -0.2) is 53.7 Å². The fraction of sp³-hybridized carbons (Fsp3) is 0.476. The first-order valence-electron chi connectivity index (χ1n) is 9.54. The van der Waals surface area contributed by atoms with E-state index in [1.165, 1.54) is 16.9 Å². The van der Waals surface area contributed by atoms with Crippen LogP contribution >= 0.6 is 11.3 Å². The van der Waals surface area contributed by atoms with E-state index in [2.05, 4.69) is 24.0 Å². The molecule has 1 saturated heterocycles. The van der Waals surface area contributed by atoms with Gasteiger partial charge in [-0.1, -0.05) is 31.2 Å². The van der Waals surface area contributed by atoms with Crippen molar-refractivity contribution in [2.45, 2.75) is 46.3 Å². The Morgan fingerprint density at radius 2 is 1.86 bits per heavy atom. The molecule has 3 rings (SSSR count). The molecule has 0 bridgehead atoms. The number of aryl methyl sites for hydroxylation is 2. The van der Waals surface area contributed by atoms with Crippen LogP contribution in [0.15, 0.2) is 24.3 Å². The van der Waals surface area contributed by atoms with E-state index in [-0.39, 0.29) is 24.7 Å². The van der Waals surface area contributed by atoms with Crippen LogP contribution < -0.4 is 0 Å².